The minimum absolute atomic E-state index is 0.349. The van der Waals surface area contributed by atoms with Crippen LogP contribution in [0.25, 0.3) is 0 Å². The Morgan fingerprint density at radius 3 is 2.18 bits per heavy atom. The predicted molar refractivity (Wildman–Crippen MR) is 32.5 cm³/mol. The predicted octanol–water partition coefficient (Wildman–Crippen LogP) is -0.527. The van der Waals surface area contributed by atoms with E-state index < -0.39 is 18.0 Å². The highest BCUT2D eigenvalue weighted by Crippen LogP contribution is 1.91. The lowest BCUT2D eigenvalue weighted by Crippen LogP contribution is -2.18. The zero-order valence-electron chi connectivity index (χ0n) is 5.57. The van der Waals surface area contributed by atoms with Gasteiger partial charge in [-0.2, -0.15) is 0 Å². The molecule has 0 aliphatic heterocycles. The SMILES string of the molecule is NC(=O)OC(=O)CCC(=O)O. The van der Waals surface area contributed by atoms with Gasteiger partial charge in [0.15, 0.2) is 0 Å². The maximum Gasteiger partial charge on any atom is 0.412 e. The molecule has 0 aliphatic carbocycles. The summed E-state index contributed by atoms with van der Waals surface area (Å²) in [5.74, 6) is -2.06. The number of ether oxygens (including phenoxy) is 1. The average molecular weight is 161 g/mol. The van der Waals surface area contributed by atoms with Crippen molar-refractivity contribution in [2.24, 2.45) is 5.73 Å². The molecule has 0 aromatic carbocycles. The number of rotatable bonds is 3. The molecule has 0 aliphatic rings. The van der Waals surface area contributed by atoms with Crippen molar-refractivity contribution in [1.82, 2.24) is 0 Å². The molecule has 0 spiro atoms. The second-order valence-corrected chi connectivity index (χ2v) is 1.69. The number of nitrogens with two attached hydrogens (primary N) is 1. The highest BCUT2D eigenvalue weighted by atomic mass is 16.6. The topological polar surface area (TPSA) is 107 Å². The summed E-state index contributed by atoms with van der Waals surface area (Å²) in [6.07, 6.45) is -1.94. The Hall–Kier alpha value is -1.59. The Labute approximate surface area is 61.9 Å². The standard InChI is InChI=1S/C5H7NO5/c6-5(10)11-4(9)2-1-3(7)8/h1-2H2,(H2,6,10)(H,7,8). The van der Waals surface area contributed by atoms with E-state index in [0.29, 0.717) is 0 Å². The third kappa shape index (κ3) is 6.29. The Balaban J connectivity index is 3.53. The molecule has 0 heterocycles. The molecule has 0 saturated carbocycles. The first-order chi connectivity index (χ1) is 5.02. The monoisotopic (exact) mass is 161 g/mol. The molecule has 0 radical (unpaired) electrons. The van der Waals surface area contributed by atoms with Crippen molar-refractivity contribution in [3.05, 3.63) is 0 Å². The molecule has 0 saturated heterocycles. The summed E-state index contributed by atoms with van der Waals surface area (Å²) >= 11 is 0. The van der Waals surface area contributed by atoms with Gasteiger partial charge in [-0.1, -0.05) is 0 Å². The minimum atomic E-state index is -1.22. The van der Waals surface area contributed by atoms with E-state index in [2.05, 4.69) is 10.5 Å². The smallest absolute Gasteiger partial charge is 0.412 e. The van der Waals surface area contributed by atoms with E-state index in [4.69, 9.17) is 5.11 Å². The molecule has 3 N–H and O–H groups in total. The highest BCUT2D eigenvalue weighted by Gasteiger charge is 2.08. The second kappa shape index (κ2) is 4.26. The lowest BCUT2D eigenvalue weighted by Gasteiger charge is -1.95. The zero-order valence-corrected chi connectivity index (χ0v) is 5.57. The van der Waals surface area contributed by atoms with Gasteiger partial charge in [-0.05, 0) is 0 Å². The van der Waals surface area contributed by atoms with Crippen molar-refractivity contribution in [1.29, 1.82) is 0 Å². The molecular weight excluding hydrogens is 154 g/mol. The van der Waals surface area contributed by atoms with Crippen LogP contribution in [0.3, 0.4) is 0 Å². The normalized spacial score (nSPS) is 8.73. The maximum absolute atomic E-state index is 10.4. The molecular formula is C5H7NO5. The maximum atomic E-state index is 10.4. The number of carbonyl (C=O) groups is 3. The average Bonchev–Trinajstić information content (AvgIpc) is 1.82. The van der Waals surface area contributed by atoms with Crippen LogP contribution in [0.4, 0.5) is 4.79 Å². The quantitative estimate of drug-likeness (QED) is 0.427. The highest BCUT2D eigenvalue weighted by molar-refractivity contribution is 5.85. The van der Waals surface area contributed by atoms with Crippen LogP contribution in [-0.2, 0) is 14.3 Å². The molecule has 1 amide bonds. The van der Waals surface area contributed by atoms with Gasteiger partial charge in [0, 0.05) is 0 Å². The van der Waals surface area contributed by atoms with E-state index in [-0.39, 0.29) is 12.8 Å². The van der Waals surface area contributed by atoms with Crippen LogP contribution in [0.15, 0.2) is 0 Å². The Bertz CT molecular complexity index is 187. The molecule has 0 bridgehead atoms. The molecule has 0 fully saturated rings. The zero-order chi connectivity index (χ0) is 8.85. The van der Waals surface area contributed by atoms with Crippen LogP contribution in [0.5, 0.6) is 0 Å². The molecule has 0 aromatic heterocycles. The van der Waals surface area contributed by atoms with E-state index in [0.717, 1.165) is 0 Å². The van der Waals surface area contributed by atoms with Crippen LogP contribution in [0.1, 0.15) is 12.8 Å². The molecule has 0 atom stereocenters. The fourth-order valence-electron chi connectivity index (χ4n) is 0.372. The molecule has 6 heteroatoms. The van der Waals surface area contributed by atoms with Gasteiger partial charge in [-0.3, -0.25) is 9.59 Å². The summed E-state index contributed by atoms with van der Waals surface area (Å²) in [5.41, 5.74) is 4.47. The van der Waals surface area contributed by atoms with E-state index >= 15 is 0 Å². The first-order valence-corrected chi connectivity index (χ1v) is 2.74. The van der Waals surface area contributed by atoms with Crippen molar-refractivity contribution in [3.63, 3.8) is 0 Å². The summed E-state index contributed by atoms with van der Waals surface area (Å²) < 4.78 is 3.84. The summed E-state index contributed by atoms with van der Waals surface area (Å²) in [7, 11) is 0. The van der Waals surface area contributed by atoms with Crippen molar-refractivity contribution in [3.8, 4) is 0 Å². The van der Waals surface area contributed by atoms with Gasteiger partial charge in [0.2, 0.25) is 0 Å². The van der Waals surface area contributed by atoms with Crippen LogP contribution in [-0.4, -0.2) is 23.1 Å². The van der Waals surface area contributed by atoms with Gasteiger partial charge in [-0.25, -0.2) is 4.79 Å². The number of hydrogen-bond donors (Lipinski definition) is 2. The third-order valence-electron chi connectivity index (χ3n) is 0.757. The number of primary amides is 1. The number of carboxylic acid groups (broad SMARTS) is 1. The van der Waals surface area contributed by atoms with Crippen molar-refractivity contribution < 1.29 is 24.2 Å². The third-order valence-corrected chi connectivity index (χ3v) is 0.757. The lowest BCUT2D eigenvalue weighted by atomic mass is 10.3. The van der Waals surface area contributed by atoms with Crippen LogP contribution >= 0.6 is 0 Å². The number of amides is 1. The van der Waals surface area contributed by atoms with E-state index in [9.17, 15) is 14.4 Å². The van der Waals surface area contributed by atoms with Gasteiger partial charge in [0.05, 0.1) is 12.8 Å². The first kappa shape index (κ1) is 9.41. The van der Waals surface area contributed by atoms with E-state index in [1.54, 1.807) is 0 Å². The lowest BCUT2D eigenvalue weighted by molar-refractivity contribution is -0.143. The van der Waals surface area contributed by atoms with E-state index in [1.165, 1.54) is 0 Å². The van der Waals surface area contributed by atoms with Gasteiger partial charge in [-0.15, -0.1) is 0 Å². The molecule has 0 unspecified atom stereocenters. The number of hydrogen-bond acceptors (Lipinski definition) is 4. The molecule has 0 rings (SSSR count). The van der Waals surface area contributed by atoms with Crippen LogP contribution < -0.4 is 5.73 Å². The molecule has 6 nitrogen and oxygen atoms in total. The Kier molecular flexibility index (Phi) is 3.65. The summed E-state index contributed by atoms with van der Waals surface area (Å²) in [6.45, 7) is 0. The molecule has 11 heavy (non-hydrogen) atoms. The summed E-state index contributed by atoms with van der Waals surface area (Å²) in [6, 6.07) is 0. The van der Waals surface area contributed by atoms with Gasteiger partial charge in [0.25, 0.3) is 0 Å². The van der Waals surface area contributed by atoms with Gasteiger partial charge >= 0.3 is 18.0 Å². The van der Waals surface area contributed by atoms with E-state index in [1.807, 2.05) is 0 Å². The number of aliphatic carboxylic acids is 1. The van der Waals surface area contributed by atoms with Crippen molar-refractivity contribution in [2.75, 3.05) is 0 Å². The largest absolute Gasteiger partial charge is 0.481 e. The molecule has 62 valence electrons. The number of carboxylic acids is 1. The first-order valence-electron chi connectivity index (χ1n) is 2.74. The van der Waals surface area contributed by atoms with Crippen molar-refractivity contribution in [2.45, 2.75) is 12.8 Å². The Morgan fingerprint density at radius 1 is 1.27 bits per heavy atom. The van der Waals surface area contributed by atoms with Gasteiger partial charge in [0.1, 0.15) is 0 Å². The fraction of sp³-hybridized carbons (Fsp3) is 0.400. The second-order valence-electron chi connectivity index (χ2n) is 1.69. The number of esters is 1. The summed E-state index contributed by atoms with van der Waals surface area (Å²) in [5, 5.41) is 8.07. The number of carbonyl (C=O) groups excluding carboxylic acids is 2. The fourth-order valence-corrected chi connectivity index (χ4v) is 0.372. The Morgan fingerprint density at radius 2 is 1.82 bits per heavy atom. The van der Waals surface area contributed by atoms with Crippen molar-refractivity contribution >= 4 is 18.0 Å². The minimum Gasteiger partial charge on any atom is -0.481 e. The van der Waals surface area contributed by atoms with Crippen LogP contribution in [0, 0.1) is 0 Å². The molecule has 0 aromatic rings. The van der Waals surface area contributed by atoms with Gasteiger partial charge < -0.3 is 15.6 Å². The summed E-state index contributed by atoms with van der Waals surface area (Å²) in [4.78, 5) is 30.1. The van der Waals surface area contributed by atoms with Crippen LogP contribution in [0.2, 0.25) is 0 Å².